The Labute approximate surface area is 138 Å². The van der Waals surface area contributed by atoms with Crippen LogP contribution in [-0.4, -0.2) is 74.6 Å². The van der Waals surface area contributed by atoms with Gasteiger partial charge in [-0.25, -0.2) is 0 Å². The molecule has 1 atom stereocenters. The number of piperidine rings is 2. The minimum atomic E-state index is 0.0341. The van der Waals surface area contributed by atoms with Crippen LogP contribution in [0, 0.1) is 11.3 Å². The van der Waals surface area contributed by atoms with Crippen molar-refractivity contribution >= 4 is 11.8 Å². The summed E-state index contributed by atoms with van der Waals surface area (Å²) < 4.78 is 4.90. The third-order valence-corrected chi connectivity index (χ3v) is 5.78. The van der Waals surface area contributed by atoms with Crippen LogP contribution in [-0.2, 0) is 14.3 Å². The topological polar surface area (TPSA) is 61.9 Å². The Balaban J connectivity index is 1.49. The molecular weight excluding hydrogens is 294 g/mol. The van der Waals surface area contributed by atoms with E-state index in [9.17, 15) is 9.59 Å². The van der Waals surface area contributed by atoms with Crippen molar-refractivity contribution in [1.29, 1.82) is 0 Å². The number of likely N-dealkylation sites (tertiary alicyclic amines) is 2. The Hall–Kier alpha value is -1.14. The van der Waals surface area contributed by atoms with E-state index in [0.29, 0.717) is 24.4 Å². The fourth-order valence-corrected chi connectivity index (χ4v) is 4.35. The fraction of sp³-hybridized carbons (Fsp3) is 0.882. The van der Waals surface area contributed by atoms with Gasteiger partial charge in [-0.3, -0.25) is 9.59 Å². The Kier molecular flexibility index (Phi) is 5.21. The zero-order valence-corrected chi connectivity index (χ0v) is 14.2. The van der Waals surface area contributed by atoms with Crippen LogP contribution in [0.15, 0.2) is 0 Å². The van der Waals surface area contributed by atoms with Gasteiger partial charge in [-0.05, 0) is 38.6 Å². The summed E-state index contributed by atoms with van der Waals surface area (Å²) >= 11 is 0. The second-order valence-electron chi connectivity index (χ2n) is 7.38. The first-order valence-electron chi connectivity index (χ1n) is 8.90. The number of rotatable bonds is 3. The summed E-state index contributed by atoms with van der Waals surface area (Å²) in [6.07, 6.45) is 5.18. The van der Waals surface area contributed by atoms with Crippen LogP contribution < -0.4 is 5.32 Å². The lowest BCUT2D eigenvalue weighted by atomic mass is 9.80. The van der Waals surface area contributed by atoms with Crippen LogP contribution in [0.4, 0.5) is 0 Å². The maximum atomic E-state index is 12.8. The van der Waals surface area contributed by atoms with Gasteiger partial charge in [0.2, 0.25) is 11.8 Å². The number of ether oxygens (including phenoxy) is 1. The van der Waals surface area contributed by atoms with E-state index >= 15 is 0 Å². The lowest BCUT2D eigenvalue weighted by molar-refractivity contribution is -0.142. The minimum absolute atomic E-state index is 0.0341. The maximum absolute atomic E-state index is 12.8. The number of carbonyl (C=O) groups excluding carboxylic acids is 2. The molecule has 3 heterocycles. The van der Waals surface area contributed by atoms with Crippen LogP contribution in [0.25, 0.3) is 0 Å². The molecule has 6 heteroatoms. The van der Waals surface area contributed by atoms with Gasteiger partial charge in [0, 0.05) is 51.2 Å². The molecule has 0 saturated carbocycles. The molecule has 3 aliphatic rings. The van der Waals surface area contributed by atoms with Crippen LogP contribution >= 0.6 is 0 Å². The first-order chi connectivity index (χ1) is 11.1. The van der Waals surface area contributed by atoms with Gasteiger partial charge in [0.1, 0.15) is 6.61 Å². The van der Waals surface area contributed by atoms with E-state index in [1.165, 1.54) is 20.0 Å². The van der Waals surface area contributed by atoms with E-state index in [0.717, 1.165) is 45.4 Å². The molecule has 2 amide bonds. The Morgan fingerprint density at radius 1 is 1.17 bits per heavy atom. The van der Waals surface area contributed by atoms with Gasteiger partial charge in [0.15, 0.2) is 0 Å². The molecule has 0 aliphatic carbocycles. The van der Waals surface area contributed by atoms with Crippen LogP contribution in [0.5, 0.6) is 0 Å². The van der Waals surface area contributed by atoms with Crippen molar-refractivity contribution < 1.29 is 14.3 Å². The zero-order chi connectivity index (χ0) is 16.3. The van der Waals surface area contributed by atoms with E-state index in [1.54, 1.807) is 0 Å². The number of methoxy groups -OCH3 is 1. The number of hydrogen-bond acceptors (Lipinski definition) is 4. The van der Waals surface area contributed by atoms with Crippen molar-refractivity contribution in [1.82, 2.24) is 15.1 Å². The van der Waals surface area contributed by atoms with Gasteiger partial charge in [0.25, 0.3) is 0 Å². The Bertz CT molecular complexity index is 440. The molecule has 3 rings (SSSR count). The fourth-order valence-electron chi connectivity index (χ4n) is 4.35. The van der Waals surface area contributed by atoms with Crippen LogP contribution in [0.1, 0.15) is 32.1 Å². The highest BCUT2D eigenvalue weighted by Gasteiger charge is 2.42. The number of amides is 2. The highest BCUT2D eigenvalue weighted by atomic mass is 16.5. The van der Waals surface area contributed by atoms with E-state index in [1.807, 2.05) is 4.90 Å². The lowest BCUT2D eigenvalue weighted by Crippen LogP contribution is -2.46. The summed E-state index contributed by atoms with van der Waals surface area (Å²) in [6.45, 7) is 5.49. The molecule has 0 bridgehead atoms. The summed E-state index contributed by atoms with van der Waals surface area (Å²) in [5.41, 5.74) is 0.322. The molecule has 3 saturated heterocycles. The van der Waals surface area contributed by atoms with E-state index in [4.69, 9.17) is 4.74 Å². The van der Waals surface area contributed by atoms with E-state index < -0.39 is 0 Å². The van der Waals surface area contributed by atoms with Gasteiger partial charge in [-0.2, -0.15) is 0 Å². The lowest BCUT2D eigenvalue weighted by Gasteiger charge is -2.35. The molecule has 6 nitrogen and oxygen atoms in total. The average molecular weight is 323 g/mol. The smallest absolute Gasteiger partial charge is 0.248 e. The van der Waals surface area contributed by atoms with E-state index in [-0.39, 0.29) is 18.4 Å². The minimum Gasteiger partial charge on any atom is -0.375 e. The maximum Gasteiger partial charge on any atom is 0.248 e. The largest absolute Gasteiger partial charge is 0.375 e. The standard InChI is InChI=1S/C17H29N3O3/c1-23-11-15(21)19-8-3-14(4-9-19)16(22)20-10-6-17(13-20)5-2-7-18-12-17/h14,18H,2-13H2,1H3/t17-/m1/s1. The van der Waals surface area contributed by atoms with Crippen molar-refractivity contribution in [2.75, 3.05) is 53.0 Å². The summed E-state index contributed by atoms with van der Waals surface area (Å²) in [5, 5.41) is 3.49. The number of nitrogens with zero attached hydrogens (tertiary/aromatic N) is 2. The molecule has 1 spiro atoms. The summed E-state index contributed by atoms with van der Waals surface area (Å²) in [7, 11) is 1.54. The molecule has 0 unspecified atom stereocenters. The molecule has 1 N–H and O–H groups in total. The van der Waals surface area contributed by atoms with Crippen LogP contribution in [0.2, 0.25) is 0 Å². The normalized spacial score (nSPS) is 29.3. The van der Waals surface area contributed by atoms with Crippen LogP contribution in [0.3, 0.4) is 0 Å². The quantitative estimate of drug-likeness (QED) is 0.820. The SMILES string of the molecule is COCC(=O)N1CCC(C(=O)N2CC[C@@]3(CCCNC3)C2)CC1. The summed E-state index contributed by atoms with van der Waals surface area (Å²) in [5.74, 6) is 0.436. The highest BCUT2D eigenvalue weighted by Crippen LogP contribution is 2.37. The third-order valence-electron chi connectivity index (χ3n) is 5.78. The number of nitrogens with one attached hydrogen (secondary N) is 1. The second kappa shape index (κ2) is 7.18. The molecule has 0 aromatic carbocycles. The predicted molar refractivity (Wildman–Crippen MR) is 86.9 cm³/mol. The van der Waals surface area contributed by atoms with Gasteiger partial charge >= 0.3 is 0 Å². The van der Waals surface area contributed by atoms with Gasteiger partial charge < -0.3 is 19.9 Å². The molecule has 23 heavy (non-hydrogen) atoms. The first kappa shape index (κ1) is 16.7. The molecular formula is C17H29N3O3. The first-order valence-corrected chi connectivity index (χ1v) is 8.90. The number of hydrogen-bond donors (Lipinski definition) is 1. The van der Waals surface area contributed by atoms with Crippen molar-refractivity contribution in [2.45, 2.75) is 32.1 Å². The molecule has 3 fully saturated rings. The highest BCUT2D eigenvalue weighted by molar-refractivity contribution is 5.81. The molecule has 0 radical (unpaired) electrons. The van der Waals surface area contributed by atoms with Crippen molar-refractivity contribution in [3.8, 4) is 0 Å². The molecule has 3 aliphatic heterocycles. The Morgan fingerprint density at radius 2 is 1.96 bits per heavy atom. The number of carbonyl (C=O) groups is 2. The third kappa shape index (κ3) is 3.69. The van der Waals surface area contributed by atoms with Crippen molar-refractivity contribution in [2.24, 2.45) is 11.3 Å². The molecule has 0 aromatic rings. The molecule has 130 valence electrons. The second-order valence-corrected chi connectivity index (χ2v) is 7.38. The Morgan fingerprint density at radius 3 is 2.61 bits per heavy atom. The van der Waals surface area contributed by atoms with Gasteiger partial charge in [0.05, 0.1) is 0 Å². The molecule has 0 aromatic heterocycles. The van der Waals surface area contributed by atoms with Gasteiger partial charge in [-0.1, -0.05) is 0 Å². The summed E-state index contributed by atoms with van der Waals surface area (Å²) in [6, 6.07) is 0. The summed E-state index contributed by atoms with van der Waals surface area (Å²) in [4.78, 5) is 28.5. The zero-order valence-electron chi connectivity index (χ0n) is 14.2. The van der Waals surface area contributed by atoms with Gasteiger partial charge in [-0.15, -0.1) is 0 Å². The predicted octanol–water partition coefficient (Wildman–Crippen LogP) is 0.474. The van der Waals surface area contributed by atoms with E-state index in [2.05, 4.69) is 10.2 Å². The monoisotopic (exact) mass is 323 g/mol. The van der Waals surface area contributed by atoms with Crippen molar-refractivity contribution in [3.05, 3.63) is 0 Å². The van der Waals surface area contributed by atoms with Crippen molar-refractivity contribution in [3.63, 3.8) is 0 Å². The average Bonchev–Trinajstić information content (AvgIpc) is 2.98.